The minimum Gasteiger partial charge on any atom is -0.394 e. The first-order chi connectivity index (χ1) is 13.5. The first-order valence-electron chi connectivity index (χ1n) is 10.1. The first-order valence-corrected chi connectivity index (χ1v) is 10.1. The molecular weight excluding hydrogens is 469 g/mol. The Morgan fingerprint density at radius 3 is 2.10 bits per heavy atom. The number of aliphatic hydroxyl groups excluding tert-OH is 1. The summed E-state index contributed by atoms with van der Waals surface area (Å²) in [5.41, 5.74) is 15.9. The van der Waals surface area contributed by atoms with Gasteiger partial charge < -0.3 is 38.3 Å². The molecule has 0 saturated carbocycles. The predicted octanol–water partition coefficient (Wildman–Crippen LogP) is -0.212. The number of nitrogens with zero attached hydrogens (tertiary/aromatic N) is 1. The number of amides is 2. The molecule has 0 radical (unpaired) electrons. The summed E-state index contributed by atoms with van der Waals surface area (Å²) >= 11 is 0. The molecule has 0 heterocycles. The van der Waals surface area contributed by atoms with Crippen molar-refractivity contribution in [1.29, 1.82) is 0 Å². The Bertz CT molecular complexity index is 457. The van der Waals surface area contributed by atoms with Crippen LogP contribution in [0.3, 0.4) is 0 Å². The van der Waals surface area contributed by atoms with E-state index in [1.807, 2.05) is 0 Å². The Kier molecular flexibility index (Phi) is 32.5. The fraction of sp³-hybridized carbons (Fsp3) is 0.833. The van der Waals surface area contributed by atoms with Crippen molar-refractivity contribution in [2.75, 3.05) is 39.3 Å². The Balaban J connectivity index is -0.00000121. The third-order valence-electron chi connectivity index (χ3n) is 4.08. The number of nitrogens with two attached hydrogens (primary N) is 3. The highest BCUT2D eigenvalue weighted by Crippen LogP contribution is 2.03. The van der Waals surface area contributed by atoms with Gasteiger partial charge in [0.2, 0.25) is 11.8 Å². The second-order valence-corrected chi connectivity index (χ2v) is 6.66. The van der Waals surface area contributed by atoms with Crippen LogP contribution in [0.25, 0.3) is 0 Å². The van der Waals surface area contributed by atoms with Gasteiger partial charge in [-0.25, -0.2) is 0 Å². The summed E-state index contributed by atoms with van der Waals surface area (Å²) in [7, 11) is 0. The zero-order chi connectivity index (χ0) is 21.0. The van der Waals surface area contributed by atoms with E-state index < -0.39 is 12.6 Å². The first kappa shape index (κ1) is 37.3. The standard InChI is InChI=1S/C18H39N7O3.3ClH/c19-9-7-11-22-10-5-6-12-23-17(28)15(14-26)25-16(27)8-3-1-2-4-13-24-18(20)21;;;/h15,22,26H,1-14,19H2,(H,23,28)(H,25,27)(H4,20,21,24);3*1H/t15-;;;/m0.../s1. The van der Waals surface area contributed by atoms with E-state index in [4.69, 9.17) is 17.2 Å². The quantitative estimate of drug-likeness (QED) is 0.0756. The van der Waals surface area contributed by atoms with Crippen LogP contribution in [-0.4, -0.2) is 68.3 Å². The van der Waals surface area contributed by atoms with Crippen LogP contribution in [0.15, 0.2) is 4.99 Å². The molecule has 0 bridgehead atoms. The van der Waals surface area contributed by atoms with Crippen LogP contribution >= 0.6 is 37.2 Å². The summed E-state index contributed by atoms with van der Waals surface area (Å²) in [5, 5.41) is 17.9. The molecule has 0 aromatic carbocycles. The smallest absolute Gasteiger partial charge is 0.244 e. The molecule has 13 heteroatoms. The molecule has 0 aliphatic carbocycles. The molecule has 188 valence electrons. The number of hydrogen-bond acceptors (Lipinski definition) is 6. The van der Waals surface area contributed by atoms with Crippen molar-refractivity contribution >= 4 is 55.0 Å². The highest BCUT2D eigenvalue weighted by atomic mass is 35.5. The molecule has 0 unspecified atom stereocenters. The van der Waals surface area contributed by atoms with Gasteiger partial charge in [0.05, 0.1) is 6.61 Å². The number of unbranched alkanes of at least 4 members (excludes halogenated alkanes) is 4. The van der Waals surface area contributed by atoms with Gasteiger partial charge in [-0.3, -0.25) is 14.6 Å². The van der Waals surface area contributed by atoms with Gasteiger partial charge in [-0.2, -0.15) is 0 Å². The highest BCUT2D eigenvalue weighted by Gasteiger charge is 2.18. The van der Waals surface area contributed by atoms with E-state index in [-0.39, 0.29) is 55.0 Å². The Hall–Kier alpha value is -1.04. The van der Waals surface area contributed by atoms with Gasteiger partial charge in [-0.05, 0) is 51.7 Å². The van der Waals surface area contributed by atoms with Crippen LogP contribution in [0, 0.1) is 0 Å². The molecule has 0 fully saturated rings. The van der Waals surface area contributed by atoms with E-state index in [0.717, 1.165) is 51.6 Å². The number of hydrogen-bond donors (Lipinski definition) is 7. The molecule has 0 aliphatic rings. The molecule has 10 N–H and O–H groups in total. The highest BCUT2D eigenvalue weighted by molar-refractivity contribution is 5.87. The maximum atomic E-state index is 12.0. The number of halogens is 3. The summed E-state index contributed by atoms with van der Waals surface area (Å²) in [6.07, 6.45) is 6.41. The van der Waals surface area contributed by atoms with Crippen molar-refractivity contribution in [2.45, 2.75) is 57.4 Å². The van der Waals surface area contributed by atoms with Crippen molar-refractivity contribution < 1.29 is 14.7 Å². The molecule has 0 aliphatic heterocycles. The summed E-state index contributed by atoms with van der Waals surface area (Å²) in [6.45, 7) is 3.14. The van der Waals surface area contributed by atoms with Gasteiger partial charge >= 0.3 is 0 Å². The summed E-state index contributed by atoms with van der Waals surface area (Å²) in [5.74, 6) is -0.501. The van der Waals surface area contributed by atoms with E-state index >= 15 is 0 Å². The maximum Gasteiger partial charge on any atom is 0.244 e. The Labute approximate surface area is 204 Å². The molecule has 2 amide bonds. The molecule has 0 saturated heterocycles. The van der Waals surface area contributed by atoms with E-state index in [2.05, 4.69) is 20.9 Å². The normalized spacial score (nSPS) is 10.5. The van der Waals surface area contributed by atoms with Gasteiger partial charge in [0.25, 0.3) is 0 Å². The number of aliphatic imine (C=N–C) groups is 1. The molecule has 10 nitrogen and oxygen atoms in total. The monoisotopic (exact) mass is 509 g/mol. The number of nitrogens with one attached hydrogen (secondary N) is 3. The lowest BCUT2D eigenvalue weighted by Crippen LogP contribution is -2.49. The average Bonchev–Trinajstić information content (AvgIpc) is 2.66. The minimum atomic E-state index is -0.906. The van der Waals surface area contributed by atoms with Crippen LogP contribution in [0.2, 0.25) is 0 Å². The van der Waals surface area contributed by atoms with E-state index in [0.29, 0.717) is 32.5 Å². The predicted molar refractivity (Wildman–Crippen MR) is 133 cm³/mol. The lowest BCUT2D eigenvalue weighted by molar-refractivity contribution is -0.130. The van der Waals surface area contributed by atoms with Crippen molar-refractivity contribution in [3.8, 4) is 0 Å². The molecule has 1 atom stereocenters. The van der Waals surface area contributed by atoms with Crippen LogP contribution in [-0.2, 0) is 9.59 Å². The van der Waals surface area contributed by atoms with E-state index in [1.54, 1.807) is 0 Å². The van der Waals surface area contributed by atoms with Crippen molar-refractivity contribution in [1.82, 2.24) is 16.0 Å². The SMILES string of the molecule is Cl.Cl.Cl.NCCCNCCCCNC(=O)[C@H](CO)NC(=O)CCCCCCN=C(N)N. The lowest BCUT2D eigenvalue weighted by atomic mass is 10.1. The lowest BCUT2D eigenvalue weighted by Gasteiger charge is -2.16. The molecule has 0 aromatic heterocycles. The third-order valence-corrected chi connectivity index (χ3v) is 4.08. The van der Waals surface area contributed by atoms with Gasteiger partial charge in [0.15, 0.2) is 5.96 Å². The van der Waals surface area contributed by atoms with Gasteiger partial charge in [0.1, 0.15) is 6.04 Å². The zero-order valence-electron chi connectivity index (χ0n) is 18.1. The van der Waals surface area contributed by atoms with Crippen LogP contribution in [0.4, 0.5) is 0 Å². The minimum absolute atomic E-state index is 0. The topological polar surface area (TPSA) is 181 Å². The fourth-order valence-electron chi connectivity index (χ4n) is 2.48. The molecule has 0 rings (SSSR count). The summed E-state index contributed by atoms with van der Waals surface area (Å²) < 4.78 is 0. The second kappa shape index (κ2) is 27.0. The van der Waals surface area contributed by atoms with Gasteiger partial charge in [-0.1, -0.05) is 12.8 Å². The van der Waals surface area contributed by atoms with E-state index in [9.17, 15) is 14.7 Å². The maximum absolute atomic E-state index is 12.0. The zero-order valence-corrected chi connectivity index (χ0v) is 20.6. The number of rotatable bonds is 18. The average molecular weight is 511 g/mol. The van der Waals surface area contributed by atoms with E-state index in [1.165, 1.54) is 0 Å². The van der Waals surface area contributed by atoms with Crippen molar-refractivity contribution in [3.05, 3.63) is 0 Å². The summed E-state index contributed by atoms with van der Waals surface area (Å²) in [4.78, 5) is 27.9. The molecule has 31 heavy (non-hydrogen) atoms. The number of carbonyl (C=O) groups excluding carboxylic acids is 2. The van der Waals surface area contributed by atoms with Gasteiger partial charge in [0, 0.05) is 19.5 Å². The second-order valence-electron chi connectivity index (χ2n) is 6.66. The fourth-order valence-corrected chi connectivity index (χ4v) is 2.48. The molecule has 0 spiro atoms. The number of guanidine groups is 1. The Morgan fingerprint density at radius 1 is 0.871 bits per heavy atom. The third kappa shape index (κ3) is 25.1. The largest absolute Gasteiger partial charge is 0.394 e. The van der Waals surface area contributed by atoms with Crippen molar-refractivity contribution in [2.24, 2.45) is 22.2 Å². The molecule has 0 aromatic rings. The van der Waals surface area contributed by atoms with Gasteiger partial charge in [-0.15, -0.1) is 37.2 Å². The number of carbonyl (C=O) groups is 2. The van der Waals surface area contributed by atoms with Crippen LogP contribution in [0.1, 0.15) is 51.4 Å². The van der Waals surface area contributed by atoms with Crippen LogP contribution < -0.4 is 33.2 Å². The number of aliphatic hydroxyl groups is 1. The summed E-state index contributed by atoms with van der Waals surface area (Å²) in [6, 6.07) is -0.906. The van der Waals surface area contributed by atoms with Crippen LogP contribution in [0.5, 0.6) is 0 Å². The molecular formula is C18H42Cl3N7O3. The Morgan fingerprint density at radius 2 is 1.48 bits per heavy atom. The van der Waals surface area contributed by atoms with Crippen molar-refractivity contribution in [3.63, 3.8) is 0 Å².